The van der Waals surface area contributed by atoms with E-state index in [1.165, 1.54) is 12.0 Å². The van der Waals surface area contributed by atoms with Crippen LogP contribution in [0.4, 0.5) is 0 Å². The van der Waals surface area contributed by atoms with E-state index in [-0.39, 0.29) is 0 Å². The van der Waals surface area contributed by atoms with Crippen LogP contribution in [0.1, 0.15) is 37.1 Å². The Kier molecular flexibility index (Phi) is 8.03. The van der Waals surface area contributed by atoms with Crippen molar-refractivity contribution < 1.29 is 9.47 Å². The fourth-order valence-corrected chi connectivity index (χ4v) is 3.15. The van der Waals surface area contributed by atoms with Gasteiger partial charge in [0.15, 0.2) is 0 Å². The highest BCUT2D eigenvalue weighted by molar-refractivity contribution is 9.10. The van der Waals surface area contributed by atoms with Crippen molar-refractivity contribution in [3.05, 3.63) is 28.2 Å². The summed E-state index contributed by atoms with van der Waals surface area (Å²) in [5, 5.41) is 0. The van der Waals surface area contributed by atoms with Crippen molar-refractivity contribution in [2.24, 2.45) is 5.92 Å². The molecule has 0 fully saturated rings. The molecule has 2 atom stereocenters. The van der Waals surface area contributed by atoms with Crippen LogP contribution in [-0.4, -0.2) is 20.3 Å². The molecule has 0 aliphatic carbocycles. The van der Waals surface area contributed by atoms with E-state index in [0.29, 0.717) is 18.0 Å². The fourth-order valence-electron chi connectivity index (χ4n) is 1.72. The first-order valence-corrected chi connectivity index (χ1v) is 8.34. The van der Waals surface area contributed by atoms with Gasteiger partial charge >= 0.3 is 0 Å². The zero-order valence-electron chi connectivity index (χ0n) is 11.8. The predicted molar refractivity (Wildman–Crippen MR) is 87.3 cm³/mol. The van der Waals surface area contributed by atoms with Crippen molar-refractivity contribution in [3.63, 3.8) is 0 Å². The topological polar surface area (TPSA) is 18.5 Å². The molecule has 1 aromatic carbocycles. The second-order valence-corrected chi connectivity index (χ2v) is 6.71. The van der Waals surface area contributed by atoms with Crippen LogP contribution in [0.25, 0.3) is 0 Å². The van der Waals surface area contributed by atoms with Crippen LogP contribution in [0, 0.1) is 5.92 Å². The number of methoxy groups -OCH3 is 1. The highest BCUT2D eigenvalue weighted by Crippen LogP contribution is 2.35. The second-order valence-electron chi connectivity index (χ2n) is 4.75. The molecule has 0 aromatic heterocycles. The van der Waals surface area contributed by atoms with Gasteiger partial charge in [-0.25, -0.2) is 0 Å². The summed E-state index contributed by atoms with van der Waals surface area (Å²) in [6.07, 6.45) is 2.36. The molecule has 19 heavy (non-hydrogen) atoms. The molecular weight excluding hydrogens is 372 g/mol. The maximum Gasteiger partial charge on any atom is 0.133 e. The molecule has 108 valence electrons. The smallest absolute Gasteiger partial charge is 0.133 e. The molecule has 0 N–H and O–H groups in total. The average molecular weight is 394 g/mol. The zero-order valence-corrected chi connectivity index (χ0v) is 15.0. The summed E-state index contributed by atoms with van der Waals surface area (Å²) in [5.74, 6) is 1.59. The SMILES string of the molecule is CCC(C)CC(Br)c1ccc(OCCOC)c(Br)c1. The van der Waals surface area contributed by atoms with Gasteiger partial charge in [-0.15, -0.1) is 0 Å². The van der Waals surface area contributed by atoms with E-state index in [1.54, 1.807) is 7.11 Å². The number of halogens is 2. The molecule has 1 aromatic rings. The van der Waals surface area contributed by atoms with Crippen molar-refractivity contribution in [2.45, 2.75) is 31.5 Å². The van der Waals surface area contributed by atoms with E-state index in [1.807, 2.05) is 6.07 Å². The van der Waals surface area contributed by atoms with Gasteiger partial charge in [-0.3, -0.25) is 0 Å². The van der Waals surface area contributed by atoms with Crippen molar-refractivity contribution in [2.75, 3.05) is 20.3 Å². The maximum absolute atomic E-state index is 5.63. The lowest BCUT2D eigenvalue weighted by Gasteiger charge is -2.16. The summed E-state index contributed by atoms with van der Waals surface area (Å²) in [7, 11) is 1.67. The van der Waals surface area contributed by atoms with Crippen LogP contribution in [0.3, 0.4) is 0 Å². The molecule has 0 heterocycles. The standard InChI is InChI=1S/C15H22Br2O2/c1-4-11(2)9-13(16)12-5-6-15(14(17)10-12)19-8-7-18-3/h5-6,10-11,13H,4,7-9H2,1-3H3. The Morgan fingerprint density at radius 2 is 2.00 bits per heavy atom. The quantitative estimate of drug-likeness (QED) is 0.438. The average Bonchev–Trinajstić information content (AvgIpc) is 2.40. The Hall–Kier alpha value is -0.0600. The molecule has 0 spiro atoms. The molecule has 0 aliphatic rings. The Balaban J connectivity index is 2.64. The molecule has 0 bridgehead atoms. The van der Waals surface area contributed by atoms with Gasteiger partial charge in [0.2, 0.25) is 0 Å². The predicted octanol–water partition coefficient (Wildman–Crippen LogP) is 5.35. The van der Waals surface area contributed by atoms with Gasteiger partial charge < -0.3 is 9.47 Å². The Labute approximate surface area is 133 Å². The van der Waals surface area contributed by atoms with E-state index in [9.17, 15) is 0 Å². The first-order valence-electron chi connectivity index (χ1n) is 6.63. The molecule has 0 radical (unpaired) electrons. The number of benzene rings is 1. The third-order valence-electron chi connectivity index (χ3n) is 3.17. The summed E-state index contributed by atoms with van der Waals surface area (Å²) in [4.78, 5) is 0.395. The van der Waals surface area contributed by atoms with E-state index in [2.05, 4.69) is 57.8 Å². The van der Waals surface area contributed by atoms with E-state index < -0.39 is 0 Å². The van der Waals surface area contributed by atoms with Gasteiger partial charge in [0.1, 0.15) is 12.4 Å². The number of alkyl halides is 1. The van der Waals surface area contributed by atoms with Crippen molar-refractivity contribution in [1.29, 1.82) is 0 Å². The molecular formula is C15H22Br2O2. The van der Waals surface area contributed by atoms with Crippen LogP contribution >= 0.6 is 31.9 Å². The lowest BCUT2D eigenvalue weighted by molar-refractivity contribution is 0.146. The molecule has 0 saturated carbocycles. The van der Waals surface area contributed by atoms with Gasteiger partial charge in [0.05, 0.1) is 11.1 Å². The summed E-state index contributed by atoms with van der Waals surface area (Å²) in [6.45, 7) is 5.68. The molecule has 1 rings (SSSR count). The molecule has 0 amide bonds. The fraction of sp³-hybridized carbons (Fsp3) is 0.600. The highest BCUT2D eigenvalue weighted by atomic mass is 79.9. The minimum absolute atomic E-state index is 0.395. The first kappa shape index (κ1) is 17.0. The third kappa shape index (κ3) is 5.84. The molecule has 2 unspecified atom stereocenters. The second kappa shape index (κ2) is 8.98. The van der Waals surface area contributed by atoms with E-state index in [0.717, 1.165) is 22.6 Å². The van der Waals surface area contributed by atoms with Crippen LogP contribution in [0.2, 0.25) is 0 Å². The third-order valence-corrected chi connectivity index (χ3v) is 4.69. The highest BCUT2D eigenvalue weighted by Gasteiger charge is 2.13. The number of rotatable bonds is 8. The monoisotopic (exact) mass is 392 g/mol. The van der Waals surface area contributed by atoms with Gasteiger partial charge in [0.25, 0.3) is 0 Å². The number of ether oxygens (including phenoxy) is 2. The maximum atomic E-state index is 5.63. The Morgan fingerprint density at radius 1 is 1.26 bits per heavy atom. The van der Waals surface area contributed by atoms with Crippen molar-refractivity contribution in [1.82, 2.24) is 0 Å². The minimum Gasteiger partial charge on any atom is -0.490 e. The summed E-state index contributed by atoms with van der Waals surface area (Å²) >= 11 is 7.33. The van der Waals surface area contributed by atoms with Crippen LogP contribution in [-0.2, 0) is 4.74 Å². The van der Waals surface area contributed by atoms with E-state index >= 15 is 0 Å². The lowest BCUT2D eigenvalue weighted by atomic mass is 9.99. The lowest BCUT2D eigenvalue weighted by Crippen LogP contribution is -2.05. The minimum atomic E-state index is 0.395. The molecule has 2 nitrogen and oxygen atoms in total. The first-order chi connectivity index (χ1) is 9.08. The van der Waals surface area contributed by atoms with Gasteiger partial charge in [-0.05, 0) is 46.0 Å². The summed E-state index contributed by atoms with van der Waals surface area (Å²) in [6, 6.07) is 6.26. The van der Waals surface area contributed by atoms with E-state index in [4.69, 9.17) is 9.47 Å². The largest absolute Gasteiger partial charge is 0.490 e. The van der Waals surface area contributed by atoms with Crippen molar-refractivity contribution in [3.8, 4) is 5.75 Å². The Morgan fingerprint density at radius 3 is 2.58 bits per heavy atom. The van der Waals surface area contributed by atoms with Gasteiger partial charge in [-0.2, -0.15) is 0 Å². The van der Waals surface area contributed by atoms with Crippen LogP contribution in [0.15, 0.2) is 22.7 Å². The van der Waals surface area contributed by atoms with Crippen LogP contribution < -0.4 is 4.74 Å². The molecule has 0 saturated heterocycles. The normalized spacial score (nSPS) is 14.2. The molecule has 4 heteroatoms. The van der Waals surface area contributed by atoms with Crippen LogP contribution in [0.5, 0.6) is 5.75 Å². The van der Waals surface area contributed by atoms with Gasteiger partial charge in [0, 0.05) is 11.9 Å². The molecule has 0 aliphatic heterocycles. The Bertz CT molecular complexity index is 382. The van der Waals surface area contributed by atoms with Gasteiger partial charge in [-0.1, -0.05) is 42.3 Å². The zero-order chi connectivity index (χ0) is 14.3. The summed E-state index contributed by atoms with van der Waals surface area (Å²) < 4.78 is 11.6. The number of hydrogen-bond acceptors (Lipinski definition) is 2. The summed E-state index contributed by atoms with van der Waals surface area (Å²) in [5.41, 5.74) is 1.28. The number of hydrogen-bond donors (Lipinski definition) is 0. The van der Waals surface area contributed by atoms with Crippen molar-refractivity contribution >= 4 is 31.9 Å².